The van der Waals surface area contributed by atoms with Crippen molar-refractivity contribution in [2.24, 2.45) is 0 Å². The van der Waals surface area contributed by atoms with E-state index in [0.29, 0.717) is 6.04 Å². The Labute approximate surface area is 70.5 Å². The minimum Gasteiger partial charge on any atom is -0.374 e. The lowest BCUT2D eigenvalue weighted by molar-refractivity contribution is 0.269. The van der Waals surface area contributed by atoms with Gasteiger partial charge in [-0.05, 0) is 34.1 Å². The topological polar surface area (TPSA) is 6.48 Å². The molecular formula is C9H20N2. The van der Waals surface area contributed by atoms with Gasteiger partial charge in [-0.1, -0.05) is 6.58 Å². The molecule has 0 saturated carbocycles. The molecule has 0 bridgehead atoms. The maximum atomic E-state index is 3.77. The summed E-state index contributed by atoms with van der Waals surface area (Å²) in [5.41, 5.74) is 0. The third kappa shape index (κ3) is 4.85. The molecular weight excluding hydrogens is 136 g/mol. The predicted molar refractivity (Wildman–Crippen MR) is 50.6 cm³/mol. The van der Waals surface area contributed by atoms with E-state index in [9.17, 15) is 0 Å². The van der Waals surface area contributed by atoms with Crippen LogP contribution in [-0.4, -0.2) is 43.0 Å². The van der Waals surface area contributed by atoms with Crippen LogP contribution in [0.4, 0.5) is 0 Å². The van der Waals surface area contributed by atoms with Crippen molar-refractivity contribution in [2.45, 2.75) is 19.9 Å². The molecule has 2 nitrogen and oxygen atoms in total. The first-order valence-electron chi connectivity index (χ1n) is 4.11. The Kier molecular flexibility index (Phi) is 4.95. The van der Waals surface area contributed by atoms with Crippen molar-refractivity contribution in [3.63, 3.8) is 0 Å². The highest BCUT2D eigenvalue weighted by Gasteiger charge is 2.02. The van der Waals surface area contributed by atoms with Crippen molar-refractivity contribution in [3.8, 4) is 0 Å². The standard InChI is InChI=1S/C9H20N2/c1-6-11(9(2)3)8-7-10(4)5/h6,9H,1,7-8H2,2-5H3. The van der Waals surface area contributed by atoms with E-state index in [-0.39, 0.29) is 0 Å². The first-order chi connectivity index (χ1) is 5.07. The van der Waals surface area contributed by atoms with Gasteiger partial charge in [0.2, 0.25) is 0 Å². The van der Waals surface area contributed by atoms with Crippen molar-refractivity contribution < 1.29 is 0 Å². The van der Waals surface area contributed by atoms with Gasteiger partial charge in [-0.15, -0.1) is 0 Å². The molecule has 0 aliphatic heterocycles. The van der Waals surface area contributed by atoms with E-state index in [1.54, 1.807) is 0 Å². The summed E-state index contributed by atoms with van der Waals surface area (Å²) in [4.78, 5) is 4.42. The third-order valence-electron chi connectivity index (χ3n) is 1.70. The fraction of sp³-hybridized carbons (Fsp3) is 0.778. The highest BCUT2D eigenvalue weighted by atomic mass is 15.2. The zero-order valence-electron chi connectivity index (χ0n) is 8.17. The summed E-state index contributed by atoms with van der Waals surface area (Å²) in [6.07, 6.45) is 1.91. The van der Waals surface area contributed by atoms with Gasteiger partial charge in [0.25, 0.3) is 0 Å². The van der Waals surface area contributed by atoms with Crippen LogP contribution in [0, 0.1) is 0 Å². The van der Waals surface area contributed by atoms with Crippen LogP contribution in [0.3, 0.4) is 0 Å². The molecule has 0 fully saturated rings. The Morgan fingerprint density at radius 2 is 1.82 bits per heavy atom. The summed E-state index contributed by atoms with van der Waals surface area (Å²) < 4.78 is 0. The number of rotatable bonds is 5. The number of hydrogen-bond acceptors (Lipinski definition) is 2. The second kappa shape index (κ2) is 5.19. The van der Waals surface area contributed by atoms with E-state index in [2.05, 4.69) is 44.3 Å². The van der Waals surface area contributed by atoms with E-state index < -0.39 is 0 Å². The van der Waals surface area contributed by atoms with Crippen LogP contribution in [0.15, 0.2) is 12.8 Å². The molecule has 0 atom stereocenters. The van der Waals surface area contributed by atoms with Gasteiger partial charge in [-0.2, -0.15) is 0 Å². The predicted octanol–water partition coefficient (Wildman–Crippen LogP) is 1.40. The lowest BCUT2D eigenvalue weighted by Crippen LogP contribution is -2.32. The zero-order chi connectivity index (χ0) is 8.85. The van der Waals surface area contributed by atoms with Crippen LogP contribution in [-0.2, 0) is 0 Å². The third-order valence-corrected chi connectivity index (χ3v) is 1.70. The lowest BCUT2D eigenvalue weighted by Gasteiger charge is -2.25. The molecule has 66 valence electrons. The summed E-state index contributed by atoms with van der Waals surface area (Å²) in [7, 11) is 4.17. The summed E-state index contributed by atoms with van der Waals surface area (Å²) in [5, 5.41) is 0. The average molecular weight is 156 g/mol. The second-order valence-electron chi connectivity index (χ2n) is 3.32. The smallest absolute Gasteiger partial charge is 0.0302 e. The molecule has 0 aliphatic rings. The number of hydrogen-bond donors (Lipinski definition) is 0. The maximum absolute atomic E-state index is 3.77. The van der Waals surface area contributed by atoms with Crippen LogP contribution in [0.25, 0.3) is 0 Å². The van der Waals surface area contributed by atoms with Crippen molar-refractivity contribution >= 4 is 0 Å². The summed E-state index contributed by atoms with van der Waals surface area (Å²) >= 11 is 0. The van der Waals surface area contributed by atoms with E-state index in [1.165, 1.54) is 0 Å². The molecule has 0 radical (unpaired) electrons. The Bertz CT molecular complexity index is 108. The maximum Gasteiger partial charge on any atom is 0.0302 e. The van der Waals surface area contributed by atoms with Crippen LogP contribution in [0.5, 0.6) is 0 Å². The monoisotopic (exact) mass is 156 g/mol. The minimum absolute atomic E-state index is 0.562. The normalized spacial score (nSPS) is 10.7. The van der Waals surface area contributed by atoms with Gasteiger partial charge >= 0.3 is 0 Å². The van der Waals surface area contributed by atoms with Crippen LogP contribution < -0.4 is 0 Å². The molecule has 0 aromatic carbocycles. The molecule has 0 rings (SSSR count). The minimum atomic E-state index is 0.562. The average Bonchev–Trinajstić information content (AvgIpc) is 1.87. The summed E-state index contributed by atoms with van der Waals surface area (Å²) in [6.45, 7) is 10.3. The van der Waals surface area contributed by atoms with Crippen molar-refractivity contribution in [1.82, 2.24) is 9.80 Å². The SMILES string of the molecule is C=CN(CCN(C)C)C(C)C. The first kappa shape index (κ1) is 10.5. The second-order valence-corrected chi connectivity index (χ2v) is 3.32. The van der Waals surface area contributed by atoms with Gasteiger partial charge in [0.1, 0.15) is 0 Å². The van der Waals surface area contributed by atoms with E-state index in [4.69, 9.17) is 0 Å². The molecule has 0 saturated heterocycles. The summed E-state index contributed by atoms with van der Waals surface area (Å²) in [6, 6.07) is 0.562. The zero-order valence-corrected chi connectivity index (χ0v) is 8.17. The van der Waals surface area contributed by atoms with Crippen LogP contribution in [0.1, 0.15) is 13.8 Å². The molecule has 0 unspecified atom stereocenters. The molecule has 0 aliphatic carbocycles. The molecule has 2 heteroatoms. The van der Waals surface area contributed by atoms with Crippen molar-refractivity contribution in [2.75, 3.05) is 27.2 Å². The Balaban J connectivity index is 3.61. The van der Waals surface area contributed by atoms with Crippen LogP contribution in [0.2, 0.25) is 0 Å². The van der Waals surface area contributed by atoms with E-state index in [0.717, 1.165) is 13.1 Å². The fourth-order valence-electron chi connectivity index (χ4n) is 0.876. The molecule has 0 aromatic heterocycles. The van der Waals surface area contributed by atoms with Gasteiger partial charge in [0.15, 0.2) is 0 Å². The summed E-state index contributed by atoms with van der Waals surface area (Å²) in [5.74, 6) is 0. The van der Waals surface area contributed by atoms with Crippen molar-refractivity contribution in [1.29, 1.82) is 0 Å². The van der Waals surface area contributed by atoms with Crippen molar-refractivity contribution in [3.05, 3.63) is 12.8 Å². The van der Waals surface area contributed by atoms with Gasteiger partial charge in [-0.25, -0.2) is 0 Å². The van der Waals surface area contributed by atoms with E-state index >= 15 is 0 Å². The van der Waals surface area contributed by atoms with Gasteiger partial charge < -0.3 is 9.80 Å². The van der Waals surface area contributed by atoms with Crippen LogP contribution >= 0.6 is 0 Å². The lowest BCUT2D eigenvalue weighted by atomic mass is 10.3. The Hall–Kier alpha value is -0.500. The molecule has 0 heterocycles. The number of likely N-dealkylation sites (N-methyl/N-ethyl adjacent to an activating group) is 1. The van der Waals surface area contributed by atoms with Gasteiger partial charge in [0, 0.05) is 19.1 Å². The molecule has 0 amide bonds. The molecule has 11 heavy (non-hydrogen) atoms. The van der Waals surface area contributed by atoms with E-state index in [1.807, 2.05) is 6.20 Å². The highest BCUT2D eigenvalue weighted by Crippen LogP contribution is 1.97. The molecule has 0 aromatic rings. The quantitative estimate of drug-likeness (QED) is 0.593. The number of nitrogens with zero attached hydrogens (tertiary/aromatic N) is 2. The largest absolute Gasteiger partial charge is 0.374 e. The van der Waals surface area contributed by atoms with Gasteiger partial charge in [-0.3, -0.25) is 0 Å². The Morgan fingerprint density at radius 1 is 1.27 bits per heavy atom. The highest BCUT2D eigenvalue weighted by molar-refractivity contribution is 4.74. The first-order valence-corrected chi connectivity index (χ1v) is 4.11. The fourth-order valence-corrected chi connectivity index (χ4v) is 0.876. The Morgan fingerprint density at radius 3 is 2.09 bits per heavy atom. The molecule has 0 spiro atoms. The molecule has 0 N–H and O–H groups in total. The van der Waals surface area contributed by atoms with Gasteiger partial charge in [0.05, 0.1) is 0 Å².